The summed E-state index contributed by atoms with van der Waals surface area (Å²) in [5.74, 6) is 1.05. The lowest BCUT2D eigenvalue weighted by molar-refractivity contribution is 0.0525. The van der Waals surface area contributed by atoms with Crippen LogP contribution in [-0.4, -0.2) is 35.7 Å². The maximum absolute atomic E-state index is 12.6. The zero-order valence-corrected chi connectivity index (χ0v) is 17.4. The second kappa shape index (κ2) is 11.3. The monoisotopic (exact) mass is 385 g/mol. The van der Waals surface area contributed by atoms with E-state index in [9.17, 15) is 4.79 Å². The molecule has 0 saturated carbocycles. The van der Waals surface area contributed by atoms with Gasteiger partial charge in [-0.05, 0) is 50.5 Å². The average Bonchev–Trinajstić information content (AvgIpc) is 2.72. The average molecular weight is 386 g/mol. The highest BCUT2D eigenvalue weighted by Crippen LogP contribution is 2.30. The Morgan fingerprint density at radius 2 is 1.79 bits per heavy atom. The van der Waals surface area contributed by atoms with Crippen molar-refractivity contribution in [1.82, 2.24) is 9.97 Å². The smallest absolute Gasteiger partial charge is 0.343 e. The van der Waals surface area contributed by atoms with Crippen molar-refractivity contribution in [3.05, 3.63) is 41.9 Å². The highest BCUT2D eigenvalue weighted by atomic mass is 16.5. The molecule has 0 aliphatic heterocycles. The van der Waals surface area contributed by atoms with Gasteiger partial charge in [0.2, 0.25) is 0 Å². The van der Waals surface area contributed by atoms with Gasteiger partial charge in [-0.3, -0.25) is 0 Å². The number of esters is 1. The Labute approximate surface area is 167 Å². The van der Waals surface area contributed by atoms with Crippen molar-refractivity contribution in [3.63, 3.8) is 0 Å². The van der Waals surface area contributed by atoms with Gasteiger partial charge in [-0.15, -0.1) is 0 Å². The lowest BCUT2D eigenvalue weighted by Crippen LogP contribution is -2.24. The Morgan fingerprint density at radius 1 is 1.04 bits per heavy atom. The van der Waals surface area contributed by atoms with Crippen LogP contribution in [0.2, 0.25) is 0 Å². The molecule has 6 nitrogen and oxygen atoms in total. The van der Waals surface area contributed by atoms with Crippen LogP contribution in [0, 0.1) is 0 Å². The third-order valence-corrected chi connectivity index (χ3v) is 4.34. The summed E-state index contributed by atoms with van der Waals surface area (Å²) in [6.45, 7) is 9.77. The van der Waals surface area contributed by atoms with E-state index in [2.05, 4.69) is 23.8 Å². The van der Waals surface area contributed by atoms with Gasteiger partial charge >= 0.3 is 5.97 Å². The van der Waals surface area contributed by atoms with E-state index in [1.165, 1.54) is 6.33 Å². The minimum absolute atomic E-state index is 0.313. The predicted octanol–water partition coefficient (Wildman–Crippen LogP) is 4.94. The fourth-order valence-corrected chi connectivity index (χ4v) is 2.93. The normalized spacial score (nSPS) is 10.6. The number of benzene rings is 1. The van der Waals surface area contributed by atoms with Crippen LogP contribution in [-0.2, 0) is 11.2 Å². The Morgan fingerprint density at radius 3 is 2.39 bits per heavy atom. The SMILES string of the molecule is CCCCOc1ccc(N(CCC)c2ncnc(CC)c2C(=O)OCC)cc1. The second-order valence-electron chi connectivity index (χ2n) is 6.44. The van der Waals surface area contributed by atoms with Crippen LogP contribution in [0.25, 0.3) is 0 Å². The standard InChI is InChI=1S/C22H31N3O3/c1-5-9-15-28-18-12-10-17(11-13-18)25(14-6-2)21-20(22(26)27-8-4)19(7-3)23-16-24-21/h10-13,16H,5-9,14-15H2,1-4H3. The first-order chi connectivity index (χ1) is 13.7. The van der Waals surface area contributed by atoms with Crippen molar-refractivity contribution in [2.75, 3.05) is 24.7 Å². The zero-order valence-electron chi connectivity index (χ0n) is 17.4. The zero-order chi connectivity index (χ0) is 20.4. The summed E-state index contributed by atoms with van der Waals surface area (Å²) in [7, 11) is 0. The first-order valence-corrected chi connectivity index (χ1v) is 10.2. The van der Waals surface area contributed by atoms with E-state index in [-0.39, 0.29) is 5.97 Å². The van der Waals surface area contributed by atoms with Gasteiger partial charge in [0.1, 0.15) is 17.6 Å². The molecule has 0 saturated heterocycles. The molecule has 0 amide bonds. The second-order valence-corrected chi connectivity index (χ2v) is 6.44. The summed E-state index contributed by atoms with van der Waals surface area (Å²) < 4.78 is 11.0. The number of hydrogen-bond acceptors (Lipinski definition) is 6. The van der Waals surface area contributed by atoms with E-state index in [4.69, 9.17) is 9.47 Å². The largest absolute Gasteiger partial charge is 0.494 e. The van der Waals surface area contributed by atoms with Crippen LogP contribution in [0.4, 0.5) is 11.5 Å². The number of aromatic nitrogens is 2. The Hall–Kier alpha value is -2.63. The van der Waals surface area contributed by atoms with Crippen LogP contribution in [0.15, 0.2) is 30.6 Å². The van der Waals surface area contributed by atoms with Crippen LogP contribution < -0.4 is 9.64 Å². The van der Waals surface area contributed by atoms with Crippen molar-refractivity contribution in [2.24, 2.45) is 0 Å². The summed E-state index contributed by atoms with van der Waals surface area (Å²) in [6.07, 6.45) is 5.19. The van der Waals surface area contributed by atoms with Crippen LogP contribution in [0.1, 0.15) is 63.0 Å². The molecule has 2 aromatic rings. The Bertz CT molecular complexity index is 747. The molecular weight excluding hydrogens is 354 g/mol. The fourth-order valence-electron chi connectivity index (χ4n) is 2.93. The molecular formula is C22H31N3O3. The van der Waals surface area contributed by atoms with Gasteiger partial charge in [-0.25, -0.2) is 14.8 Å². The van der Waals surface area contributed by atoms with Gasteiger partial charge in [0.25, 0.3) is 0 Å². The lowest BCUT2D eigenvalue weighted by atomic mass is 10.1. The minimum Gasteiger partial charge on any atom is -0.494 e. The molecule has 0 fully saturated rings. The van der Waals surface area contributed by atoms with Crippen LogP contribution in [0.5, 0.6) is 5.75 Å². The maximum atomic E-state index is 12.6. The summed E-state index contributed by atoms with van der Waals surface area (Å²) in [6, 6.07) is 7.92. The fraction of sp³-hybridized carbons (Fsp3) is 0.500. The summed E-state index contributed by atoms with van der Waals surface area (Å²) in [4.78, 5) is 23.4. The molecule has 28 heavy (non-hydrogen) atoms. The molecule has 0 aliphatic rings. The lowest BCUT2D eigenvalue weighted by Gasteiger charge is -2.26. The molecule has 0 radical (unpaired) electrons. The molecule has 0 aliphatic carbocycles. The molecule has 1 heterocycles. The van der Waals surface area contributed by atoms with Crippen LogP contribution in [0.3, 0.4) is 0 Å². The topological polar surface area (TPSA) is 64.5 Å². The van der Waals surface area contributed by atoms with E-state index in [1.807, 2.05) is 36.1 Å². The number of unbranched alkanes of at least 4 members (excludes halogenated alkanes) is 1. The van der Waals surface area contributed by atoms with Crippen molar-refractivity contribution < 1.29 is 14.3 Å². The van der Waals surface area contributed by atoms with Gasteiger partial charge in [0.05, 0.1) is 18.9 Å². The third kappa shape index (κ3) is 5.44. The third-order valence-electron chi connectivity index (χ3n) is 4.34. The molecule has 6 heteroatoms. The summed E-state index contributed by atoms with van der Waals surface area (Å²) in [5.41, 5.74) is 2.10. The molecule has 1 aromatic heterocycles. The van der Waals surface area contributed by atoms with E-state index in [0.29, 0.717) is 36.7 Å². The first-order valence-electron chi connectivity index (χ1n) is 10.2. The van der Waals surface area contributed by atoms with Crippen molar-refractivity contribution >= 4 is 17.5 Å². The number of aryl methyl sites for hydroxylation is 1. The van der Waals surface area contributed by atoms with E-state index >= 15 is 0 Å². The molecule has 0 unspecified atom stereocenters. The highest BCUT2D eigenvalue weighted by Gasteiger charge is 2.24. The van der Waals surface area contributed by atoms with E-state index in [0.717, 1.165) is 37.2 Å². The van der Waals surface area contributed by atoms with Gasteiger partial charge in [-0.1, -0.05) is 27.2 Å². The van der Waals surface area contributed by atoms with Gasteiger partial charge in [0, 0.05) is 12.2 Å². The number of ether oxygens (including phenoxy) is 2. The summed E-state index contributed by atoms with van der Waals surface area (Å²) >= 11 is 0. The summed E-state index contributed by atoms with van der Waals surface area (Å²) in [5, 5.41) is 0. The molecule has 0 bridgehead atoms. The van der Waals surface area contributed by atoms with E-state index in [1.54, 1.807) is 6.92 Å². The molecule has 0 atom stereocenters. The molecule has 1 aromatic carbocycles. The highest BCUT2D eigenvalue weighted by molar-refractivity contribution is 5.97. The molecule has 152 valence electrons. The Kier molecular flexibility index (Phi) is 8.72. The van der Waals surface area contributed by atoms with Gasteiger partial charge in [-0.2, -0.15) is 0 Å². The minimum atomic E-state index is -0.379. The van der Waals surface area contributed by atoms with Gasteiger partial charge < -0.3 is 14.4 Å². The van der Waals surface area contributed by atoms with Crippen molar-refractivity contribution in [1.29, 1.82) is 0 Å². The number of anilines is 2. The molecule has 0 spiro atoms. The van der Waals surface area contributed by atoms with Crippen molar-refractivity contribution in [3.8, 4) is 5.75 Å². The quantitative estimate of drug-likeness (QED) is 0.403. The predicted molar refractivity (Wildman–Crippen MR) is 112 cm³/mol. The van der Waals surface area contributed by atoms with E-state index < -0.39 is 0 Å². The first kappa shape index (κ1) is 21.7. The number of nitrogens with zero attached hydrogens (tertiary/aromatic N) is 3. The number of carbonyl (C=O) groups is 1. The number of hydrogen-bond donors (Lipinski definition) is 0. The van der Waals surface area contributed by atoms with Crippen molar-refractivity contribution in [2.45, 2.75) is 53.4 Å². The number of carbonyl (C=O) groups excluding carboxylic acids is 1. The number of rotatable bonds is 11. The molecule has 2 rings (SSSR count). The van der Waals surface area contributed by atoms with Gasteiger partial charge in [0.15, 0.2) is 5.82 Å². The Balaban J connectivity index is 2.39. The molecule has 0 N–H and O–H groups in total. The van der Waals surface area contributed by atoms with Crippen LogP contribution >= 0.6 is 0 Å². The maximum Gasteiger partial charge on any atom is 0.343 e.